The molecule has 8 heteroatoms. The number of benzene rings is 1. The molecule has 0 aliphatic carbocycles. The van der Waals surface area contributed by atoms with E-state index in [1.807, 2.05) is 6.07 Å². The van der Waals surface area contributed by atoms with E-state index < -0.39 is 12.8 Å². The van der Waals surface area contributed by atoms with Crippen LogP contribution in [0, 0.1) is 11.3 Å². The zero-order valence-electron chi connectivity index (χ0n) is 10.6. The maximum atomic E-state index is 12.1. The number of anilines is 2. The number of nitrogens with zero attached hydrogens (tertiary/aromatic N) is 3. The predicted molar refractivity (Wildman–Crippen MR) is 68.0 cm³/mol. The quantitative estimate of drug-likeness (QED) is 0.938. The van der Waals surface area contributed by atoms with Crippen LogP contribution in [0.5, 0.6) is 5.75 Å². The predicted octanol–water partition coefficient (Wildman–Crippen LogP) is 3.03. The second-order valence-electron chi connectivity index (χ2n) is 3.92. The maximum Gasteiger partial charge on any atom is 0.422 e. The van der Waals surface area contributed by atoms with Crippen molar-refractivity contribution >= 4 is 11.5 Å². The van der Waals surface area contributed by atoms with E-state index in [2.05, 4.69) is 20.0 Å². The normalized spacial score (nSPS) is 10.8. The molecular weight excluding hydrogens is 285 g/mol. The Morgan fingerprint density at radius 2 is 2.00 bits per heavy atom. The Kier molecular flexibility index (Phi) is 4.23. The number of alkyl halides is 3. The van der Waals surface area contributed by atoms with Crippen molar-refractivity contribution in [2.75, 3.05) is 11.9 Å². The van der Waals surface area contributed by atoms with Crippen LogP contribution in [-0.4, -0.2) is 22.8 Å². The van der Waals surface area contributed by atoms with Crippen molar-refractivity contribution in [2.45, 2.75) is 6.18 Å². The minimum absolute atomic E-state index is 0.0553. The number of halogens is 3. The van der Waals surface area contributed by atoms with Gasteiger partial charge < -0.3 is 10.1 Å². The molecule has 0 aliphatic rings. The summed E-state index contributed by atoms with van der Waals surface area (Å²) in [7, 11) is 0. The molecule has 5 nitrogen and oxygen atoms in total. The summed E-state index contributed by atoms with van der Waals surface area (Å²) in [6.07, 6.45) is -1.64. The summed E-state index contributed by atoms with van der Waals surface area (Å²) in [5, 5.41) is 11.7. The number of nitrogens with one attached hydrogen (secondary N) is 1. The first kappa shape index (κ1) is 14.6. The van der Waals surface area contributed by atoms with Gasteiger partial charge in [-0.1, -0.05) is 6.07 Å². The van der Waals surface area contributed by atoms with E-state index in [9.17, 15) is 13.2 Å². The number of hydrogen-bond donors (Lipinski definition) is 1. The Hall–Kier alpha value is -2.82. The number of nitriles is 1. The minimum atomic E-state index is -4.40. The summed E-state index contributed by atoms with van der Waals surface area (Å²) in [6.45, 7) is -1.37. The molecule has 21 heavy (non-hydrogen) atoms. The first-order valence-corrected chi connectivity index (χ1v) is 5.76. The van der Waals surface area contributed by atoms with E-state index in [1.165, 1.54) is 30.6 Å². The summed E-state index contributed by atoms with van der Waals surface area (Å²) in [6, 6.07) is 7.77. The van der Waals surface area contributed by atoms with Crippen molar-refractivity contribution in [3.8, 4) is 11.8 Å². The lowest BCUT2D eigenvalue weighted by molar-refractivity contribution is -0.153. The molecule has 0 radical (unpaired) electrons. The summed E-state index contributed by atoms with van der Waals surface area (Å²) in [5.74, 6) is 0.271. The van der Waals surface area contributed by atoms with Gasteiger partial charge in [-0.25, -0.2) is 9.97 Å². The van der Waals surface area contributed by atoms with E-state index in [0.717, 1.165) is 0 Å². The fourth-order valence-electron chi connectivity index (χ4n) is 1.48. The molecule has 0 unspecified atom stereocenters. The van der Waals surface area contributed by atoms with Gasteiger partial charge in [0.15, 0.2) is 18.1 Å². The third-order valence-corrected chi connectivity index (χ3v) is 2.30. The molecule has 1 aromatic carbocycles. The van der Waals surface area contributed by atoms with E-state index in [1.54, 1.807) is 6.07 Å². The fraction of sp³-hybridized carbons (Fsp3) is 0.154. The van der Waals surface area contributed by atoms with E-state index in [0.29, 0.717) is 5.69 Å². The highest BCUT2D eigenvalue weighted by Gasteiger charge is 2.28. The highest BCUT2D eigenvalue weighted by molar-refractivity contribution is 5.61. The molecule has 2 aromatic rings. The molecule has 0 spiro atoms. The highest BCUT2D eigenvalue weighted by Crippen LogP contribution is 2.23. The van der Waals surface area contributed by atoms with Gasteiger partial charge in [0.05, 0.1) is 0 Å². The largest absolute Gasteiger partial charge is 0.484 e. The third-order valence-electron chi connectivity index (χ3n) is 2.30. The lowest BCUT2D eigenvalue weighted by Gasteiger charge is -2.11. The van der Waals surface area contributed by atoms with E-state index >= 15 is 0 Å². The molecule has 1 aromatic heterocycles. The molecule has 0 bridgehead atoms. The van der Waals surface area contributed by atoms with Gasteiger partial charge in [0.25, 0.3) is 0 Å². The van der Waals surface area contributed by atoms with Crippen LogP contribution in [0.2, 0.25) is 0 Å². The zero-order chi connectivity index (χ0) is 15.3. The second-order valence-corrected chi connectivity index (χ2v) is 3.92. The van der Waals surface area contributed by atoms with E-state index in [-0.39, 0.29) is 17.3 Å². The first-order valence-electron chi connectivity index (χ1n) is 5.76. The van der Waals surface area contributed by atoms with Crippen LogP contribution in [-0.2, 0) is 0 Å². The van der Waals surface area contributed by atoms with Crippen molar-refractivity contribution in [1.29, 1.82) is 5.26 Å². The maximum absolute atomic E-state index is 12.1. The van der Waals surface area contributed by atoms with Crippen LogP contribution < -0.4 is 10.1 Å². The van der Waals surface area contributed by atoms with Crippen molar-refractivity contribution in [3.05, 3.63) is 42.4 Å². The lowest BCUT2D eigenvalue weighted by Crippen LogP contribution is -2.19. The van der Waals surface area contributed by atoms with Crippen molar-refractivity contribution in [3.63, 3.8) is 0 Å². The van der Waals surface area contributed by atoms with E-state index in [4.69, 9.17) is 5.26 Å². The van der Waals surface area contributed by atoms with Crippen LogP contribution >= 0.6 is 0 Å². The summed E-state index contributed by atoms with van der Waals surface area (Å²) >= 11 is 0. The van der Waals surface area contributed by atoms with Crippen LogP contribution in [0.4, 0.5) is 24.7 Å². The van der Waals surface area contributed by atoms with Gasteiger partial charge >= 0.3 is 6.18 Å². The Morgan fingerprint density at radius 1 is 1.24 bits per heavy atom. The molecule has 0 saturated heterocycles. The molecule has 0 atom stereocenters. The van der Waals surface area contributed by atoms with Crippen LogP contribution in [0.1, 0.15) is 5.69 Å². The molecule has 0 amide bonds. The molecule has 0 fully saturated rings. The molecule has 1 N–H and O–H groups in total. The van der Waals surface area contributed by atoms with Crippen molar-refractivity contribution < 1.29 is 17.9 Å². The second kappa shape index (κ2) is 6.09. The molecule has 108 valence electrons. The molecule has 0 aliphatic heterocycles. The first-order chi connectivity index (χ1) is 9.98. The smallest absolute Gasteiger partial charge is 0.422 e. The molecule has 1 heterocycles. The highest BCUT2D eigenvalue weighted by atomic mass is 19.4. The number of hydrogen-bond acceptors (Lipinski definition) is 5. The van der Waals surface area contributed by atoms with Gasteiger partial charge in [-0.05, 0) is 12.1 Å². The molecular formula is C13H9F3N4O. The summed E-state index contributed by atoms with van der Waals surface area (Å²) < 4.78 is 40.9. The topological polar surface area (TPSA) is 70.8 Å². The summed E-state index contributed by atoms with van der Waals surface area (Å²) in [5.41, 5.74) is 0.519. The molecule has 2 rings (SSSR count). The SMILES string of the molecule is N#Cc1nccnc1Nc1cccc(OCC(F)(F)F)c1. The van der Waals surface area contributed by atoms with Crippen LogP contribution in [0.3, 0.4) is 0 Å². The average molecular weight is 294 g/mol. The lowest BCUT2D eigenvalue weighted by atomic mass is 10.3. The Morgan fingerprint density at radius 3 is 2.71 bits per heavy atom. The van der Waals surface area contributed by atoms with Gasteiger partial charge in [0.2, 0.25) is 0 Å². The average Bonchev–Trinajstić information content (AvgIpc) is 2.45. The minimum Gasteiger partial charge on any atom is -0.484 e. The van der Waals surface area contributed by atoms with Gasteiger partial charge in [0, 0.05) is 24.1 Å². The monoisotopic (exact) mass is 294 g/mol. The Bertz CT molecular complexity index is 667. The Balaban J connectivity index is 2.13. The van der Waals surface area contributed by atoms with Gasteiger partial charge in [-0.3, -0.25) is 0 Å². The standard InChI is InChI=1S/C13H9F3N4O/c14-13(15,16)8-21-10-3-1-2-9(6-10)20-12-11(7-17)18-4-5-19-12/h1-6H,8H2,(H,19,20). The molecule has 0 saturated carbocycles. The van der Waals surface area contributed by atoms with Crippen LogP contribution in [0.15, 0.2) is 36.7 Å². The van der Waals surface area contributed by atoms with Gasteiger partial charge in [-0.2, -0.15) is 18.4 Å². The fourth-order valence-corrected chi connectivity index (χ4v) is 1.48. The van der Waals surface area contributed by atoms with Crippen LogP contribution in [0.25, 0.3) is 0 Å². The number of ether oxygens (including phenoxy) is 1. The third kappa shape index (κ3) is 4.35. The van der Waals surface area contributed by atoms with Crippen molar-refractivity contribution in [2.24, 2.45) is 0 Å². The number of rotatable bonds is 4. The van der Waals surface area contributed by atoms with Gasteiger partial charge in [0.1, 0.15) is 11.8 Å². The zero-order valence-corrected chi connectivity index (χ0v) is 10.6. The van der Waals surface area contributed by atoms with Gasteiger partial charge in [-0.15, -0.1) is 0 Å². The van der Waals surface area contributed by atoms with Crippen molar-refractivity contribution in [1.82, 2.24) is 9.97 Å². The Labute approximate surface area is 118 Å². The number of aromatic nitrogens is 2. The summed E-state index contributed by atoms with van der Waals surface area (Å²) in [4.78, 5) is 7.76.